The lowest BCUT2D eigenvalue weighted by molar-refractivity contribution is -0.120. The molecule has 0 aliphatic carbocycles. The lowest BCUT2D eigenvalue weighted by Crippen LogP contribution is -2.41. The van der Waals surface area contributed by atoms with Gasteiger partial charge in [-0.25, -0.2) is 8.42 Å². The van der Waals surface area contributed by atoms with Gasteiger partial charge in [0.15, 0.2) is 11.5 Å². The van der Waals surface area contributed by atoms with Crippen LogP contribution in [-0.2, 0) is 14.8 Å². The number of sulfonamides is 1. The molecule has 1 atom stereocenters. The van der Waals surface area contributed by atoms with Gasteiger partial charge in [0.25, 0.3) is 10.0 Å². The predicted molar refractivity (Wildman–Crippen MR) is 144 cm³/mol. The number of hydrogen-bond donors (Lipinski definition) is 1. The molecule has 37 heavy (non-hydrogen) atoms. The first kappa shape index (κ1) is 27.9. The quantitative estimate of drug-likeness (QED) is 0.386. The van der Waals surface area contributed by atoms with Crippen LogP contribution in [0.4, 0.5) is 5.69 Å². The van der Waals surface area contributed by atoms with Crippen LogP contribution in [-0.4, -0.2) is 41.7 Å². The Labute approximate surface area is 219 Å². The molecule has 9 heteroatoms. The highest BCUT2D eigenvalue weighted by Gasteiger charge is 2.29. The number of hydrogen-bond acceptors (Lipinski definition) is 6. The zero-order valence-corrected chi connectivity index (χ0v) is 22.9. The molecule has 0 aliphatic heterocycles. The Morgan fingerprint density at radius 2 is 1.54 bits per heavy atom. The molecule has 0 aromatic heterocycles. The normalized spacial score (nSPS) is 11.9. The van der Waals surface area contributed by atoms with E-state index in [0.29, 0.717) is 18.0 Å². The van der Waals surface area contributed by atoms with Crippen molar-refractivity contribution in [1.29, 1.82) is 0 Å². The summed E-state index contributed by atoms with van der Waals surface area (Å²) in [5, 5.41) is 2.91. The van der Waals surface area contributed by atoms with Crippen molar-refractivity contribution in [2.75, 3.05) is 31.7 Å². The van der Waals surface area contributed by atoms with Crippen molar-refractivity contribution in [2.24, 2.45) is 0 Å². The number of rotatable bonds is 11. The Bertz CT molecular complexity index is 1320. The van der Waals surface area contributed by atoms with Gasteiger partial charge < -0.3 is 19.5 Å². The van der Waals surface area contributed by atoms with Crippen LogP contribution in [0, 0.1) is 13.8 Å². The second-order valence-corrected chi connectivity index (χ2v) is 10.5. The molecule has 0 fully saturated rings. The second kappa shape index (κ2) is 12.0. The van der Waals surface area contributed by atoms with Crippen molar-refractivity contribution < 1.29 is 27.4 Å². The summed E-state index contributed by atoms with van der Waals surface area (Å²) in [5.41, 5.74) is 3.03. The first-order valence-corrected chi connectivity index (χ1v) is 13.4. The molecule has 0 heterocycles. The molecule has 0 saturated carbocycles. The van der Waals surface area contributed by atoms with Crippen LogP contribution in [0.1, 0.15) is 36.6 Å². The molecule has 3 aromatic carbocycles. The maximum atomic E-state index is 13.8. The standard InChI is InChI=1S/C28H34N2O6S/c1-7-36-24-10-8-22(9-11-24)21(4)29-28(31)18-30(23-15-19(2)14-20(3)16-23)37(32,33)25-12-13-26(34-5)27(17-25)35-6/h8-17,21H,7,18H2,1-6H3,(H,29,31). The molecular weight excluding hydrogens is 492 g/mol. The van der Waals surface area contributed by atoms with Gasteiger partial charge in [0.2, 0.25) is 5.91 Å². The van der Waals surface area contributed by atoms with Gasteiger partial charge in [0, 0.05) is 6.07 Å². The van der Waals surface area contributed by atoms with Gasteiger partial charge in [0.1, 0.15) is 12.3 Å². The molecule has 1 unspecified atom stereocenters. The van der Waals surface area contributed by atoms with Crippen molar-refractivity contribution in [3.8, 4) is 17.2 Å². The summed E-state index contributed by atoms with van der Waals surface area (Å²) in [5.74, 6) is 0.982. The number of amides is 1. The molecule has 198 valence electrons. The fourth-order valence-electron chi connectivity index (χ4n) is 4.03. The number of nitrogens with zero attached hydrogens (tertiary/aromatic N) is 1. The number of methoxy groups -OCH3 is 2. The molecule has 1 N–H and O–H groups in total. The molecular formula is C28H34N2O6S. The summed E-state index contributed by atoms with van der Waals surface area (Å²) < 4.78 is 44.8. The summed E-state index contributed by atoms with van der Waals surface area (Å²) in [7, 11) is -1.22. The average molecular weight is 527 g/mol. The minimum absolute atomic E-state index is 0.0170. The largest absolute Gasteiger partial charge is 0.494 e. The number of carbonyl (C=O) groups is 1. The minimum atomic E-state index is -4.13. The fourth-order valence-corrected chi connectivity index (χ4v) is 5.45. The Hall–Kier alpha value is -3.72. The van der Waals surface area contributed by atoms with Gasteiger partial charge in [-0.3, -0.25) is 9.10 Å². The molecule has 1 amide bonds. The number of aryl methyl sites for hydroxylation is 2. The van der Waals surface area contributed by atoms with Crippen molar-refractivity contribution in [3.63, 3.8) is 0 Å². The van der Waals surface area contributed by atoms with Gasteiger partial charge in [0.05, 0.1) is 37.5 Å². The molecule has 3 aromatic rings. The SMILES string of the molecule is CCOc1ccc(C(C)NC(=O)CN(c2cc(C)cc(C)c2)S(=O)(=O)c2ccc(OC)c(OC)c2)cc1. The van der Waals surface area contributed by atoms with Crippen molar-refractivity contribution >= 4 is 21.6 Å². The van der Waals surface area contributed by atoms with E-state index in [1.54, 1.807) is 12.1 Å². The highest BCUT2D eigenvalue weighted by Crippen LogP contribution is 2.32. The van der Waals surface area contributed by atoms with E-state index in [1.165, 1.54) is 32.4 Å². The monoisotopic (exact) mass is 526 g/mol. The predicted octanol–water partition coefficient (Wildman–Crippen LogP) is 4.79. The second-order valence-electron chi connectivity index (χ2n) is 8.67. The lowest BCUT2D eigenvalue weighted by atomic mass is 10.1. The van der Waals surface area contributed by atoms with Crippen molar-refractivity contribution in [3.05, 3.63) is 77.4 Å². The minimum Gasteiger partial charge on any atom is -0.494 e. The number of ether oxygens (including phenoxy) is 3. The molecule has 3 rings (SSSR count). The highest BCUT2D eigenvalue weighted by molar-refractivity contribution is 7.92. The van der Waals surface area contributed by atoms with Crippen LogP contribution in [0.5, 0.6) is 17.2 Å². The maximum Gasteiger partial charge on any atom is 0.264 e. The van der Waals surface area contributed by atoms with Crippen molar-refractivity contribution in [1.82, 2.24) is 5.32 Å². The van der Waals surface area contributed by atoms with Crippen LogP contribution >= 0.6 is 0 Å². The topological polar surface area (TPSA) is 94.2 Å². The van der Waals surface area contributed by atoms with Crippen LogP contribution in [0.3, 0.4) is 0 Å². The number of carbonyl (C=O) groups excluding carboxylic acids is 1. The first-order chi connectivity index (χ1) is 17.6. The van der Waals surface area contributed by atoms with Crippen molar-refractivity contribution in [2.45, 2.75) is 38.6 Å². The Balaban J connectivity index is 1.93. The smallest absolute Gasteiger partial charge is 0.264 e. The highest BCUT2D eigenvalue weighted by atomic mass is 32.2. The zero-order valence-electron chi connectivity index (χ0n) is 22.1. The molecule has 8 nitrogen and oxygen atoms in total. The summed E-state index contributed by atoms with van der Waals surface area (Å²) in [6.45, 7) is 7.68. The number of anilines is 1. The molecule has 0 saturated heterocycles. The van der Waals surface area contributed by atoms with Crippen LogP contribution in [0.15, 0.2) is 65.6 Å². The van der Waals surface area contributed by atoms with Crippen LogP contribution < -0.4 is 23.8 Å². The summed E-state index contributed by atoms with van der Waals surface area (Å²) >= 11 is 0. The van der Waals surface area contributed by atoms with E-state index in [2.05, 4.69) is 5.32 Å². The summed E-state index contributed by atoms with van der Waals surface area (Å²) in [6, 6.07) is 16.9. The number of benzene rings is 3. The van der Waals surface area contributed by atoms with E-state index >= 15 is 0 Å². The fraction of sp³-hybridized carbons (Fsp3) is 0.321. The first-order valence-electron chi connectivity index (χ1n) is 11.9. The van der Waals surface area contributed by atoms with E-state index in [1.807, 2.05) is 58.0 Å². The van der Waals surface area contributed by atoms with Crippen LogP contribution in [0.2, 0.25) is 0 Å². The van der Waals surface area contributed by atoms with Gasteiger partial charge in [-0.15, -0.1) is 0 Å². The third-order valence-corrected chi connectivity index (χ3v) is 7.56. The molecule has 0 radical (unpaired) electrons. The van der Waals surface area contributed by atoms with Gasteiger partial charge >= 0.3 is 0 Å². The van der Waals surface area contributed by atoms with E-state index in [-0.39, 0.29) is 16.7 Å². The third kappa shape index (κ3) is 6.74. The van der Waals surface area contributed by atoms with E-state index in [0.717, 1.165) is 26.7 Å². The van der Waals surface area contributed by atoms with Crippen LogP contribution in [0.25, 0.3) is 0 Å². The molecule has 0 aliphatic rings. The molecule has 0 spiro atoms. The van der Waals surface area contributed by atoms with E-state index < -0.39 is 22.5 Å². The van der Waals surface area contributed by atoms with Gasteiger partial charge in [-0.1, -0.05) is 18.2 Å². The maximum absolute atomic E-state index is 13.8. The van der Waals surface area contributed by atoms with Gasteiger partial charge in [-0.2, -0.15) is 0 Å². The number of nitrogens with one attached hydrogen (secondary N) is 1. The lowest BCUT2D eigenvalue weighted by Gasteiger charge is -2.26. The summed E-state index contributed by atoms with van der Waals surface area (Å²) in [6.07, 6.45) is 0. The third-order valence-electron chi connectivity index (χ3n) is 5.79. The Kier molecular flexibility index (Phi) is 9.04. The average Bonchev–Trinajstić information content (AvgIpc) is 2.86. The van der Waals surface area contributed by atoms with Gasteiger partial charge in [-0.05, 0) is 80.8 Å². The van der Waals surface area contributed by atoms with E-state index in [4.69, 9.17) is 14.2 Å². The zero-order chi connectivity index (χ0) is 27.2. The Morgan fingerprint density at radius 1 is 0.919 bits per heavy atom. The van der Waals surface area contributed by atoms with E-state index in [9.17, 15) is 13.2 Å². The molecule has 0 bridgehead atoms. The Morgan fingerprint density at radius 3 is 2.11 bits per heavy atom. The summed E-state index contributed by atoms with van der Waals surface area (Å²) in [4.78, 5) is 13.1.